The fourth-order valence-corrected chi connectivity index (χ4v) is 2.73. The number of rotatable bonds is 2. The molecule has 19 heavy (non-hydrogen) atoms. The van der Waals surface area contributed by atoms with E-state index in [9.17, 15) is 9.59 Å². The van der Waals surface area contributed by atoms with E-state index >= 15 is 0 Å². The first-order valence-electron chi connectivity index (χ1n) is 5.34. The molecule has 2 rings (SSSR count). The van der Waals surface area contributed by atoms with Gasteiger partial charge in [-0.3, -0.25) is 4.79 Å². The van der Waals surface area contributed by atoms with Gasteiger partial charge in [-0.2, -0.15) is 0 Å². The molecule has 6 nitrogen and oxygen atoms in total. The predicted molar refractivity (Wildman–Crippen MR) is 78.5 cm³/mol. The first kappa shape index (κ1) is 15.6. The predicted octanol–water partition coefficient (Wildman–Crippen LogP) is 1.54. The molecule has 0 spiro atoms. The van der Waals surface area contributed by atoms with E-state index in [-0.39, 0.29) is 17.8 Å². The minimum Gasteiger partial charge on any atom is -0.480 e. The lowest BCUT2D eigenvalue weighted by atomic mass is 10.0. The summed E-state index contributed by atoms with van der Waals surface area (Å²) in [7, 11) is 0. The van der Waals surface area contributed by atoms with Crippen molar-refractivity contribution in [2.45, 2.75) is 24.6 Å². The number of carboxylic acids is 1. The van der Waals surface area contributed by atoms with Gasteiger partial charge in [-0.15, -0.1) is 12.4 Å². The number of nitrogens with one attached hydrogen (secondary N) is 2. The van der Waals surface area contributed by atoms with Crippen LogP contribution in [0, 0.1) is 0 Å². The van der Waals surface area contributed by atoms with Crippen LogP contribution in [0.2, 0.25) is 0 Å². The number of hydrogen-bond acceptors (Lipinski definition) is 5. The lowest BCUT2D eigenvalue weighted by Gasteiger charge is -2.20. The first-order chi connectivity index (χ1) is 8.40. The van der Waals surface area contributed by atoms with Gasteiger partial charge in [0.15, 0.2) is 11.2 Å². The molecule has 0 aromatic carbocycles. The number of aromatic amines is 1. The van der Waals surface area contributed by atoms with Crippen LogP contribution in [0.25, 0.3) is 0 Å². The molecule has 104 valence electrons. The monoisotopic (exact) mass is 303 g/mol. The fraction of sp³-hybridized carbons (Fsp3) is 0.364. The molecular weight excluding hydrogens is 290 g/mol. The summed E-state index contributed by atoms with van der Waals surface area (Å²) < 4.78 is -0.532. The highest BCUT2D eigenvalue weighted by molar-refractivity contribution is 8.15. The maximum atomic E-state index is 11.5. The first-order valence-corrected chi connectivity index (χ1v) is 6.15. The number of halogens is 1. The lowest BCUT2D eigenvalue weighted by Crippen LogP contribution is -2.34. The van der Waals surface area contributed by atoms with E-state index in [4.69, 9.17) is 5.11 Å². The summed E-state index contributed by atoms with van der Waals surface area (Å²) in [5.41, 5.74) is 0.180. The molecule has 0 aliphatic carbocycles. The highest BCUT2D eigenvalue weighted by Crippen LogP contribution is 2.37. The molecule has 1 atom stereocenters. The van der Waals surface area contributed by atoms with Gasteiger partial charge in [0, 0.05) is 18.5 Å². The van der Waals surface area contributed by atoms with Crippen molar-refractivity contribution < 1.29 is 9.90 Å². The average Bonchev–Trinajstić information content (AvgIpc) is 2.57. The Morgan fingerprint density at radius 1 is 1.58 bits per heavy atom. The number of carboxylic acid groups (broad SMARTS) is 1. The smallest absolute Gasteiger partial charge is 0.329 e. The van der Waals surface area contributed by atoms with Crippen molar-refractivity contribution in [3.05, 3.63) is 28.7 Å². The summed E-state index contributed by atoms with van der Waals surface area (Å²) in [6.45, 7) is 3.62. The summed E-state index contributed by atoms with van der Waals surface area (Å²) >= 11 is 1.31. The number of aliphatic imine (C=N–C) groups is 1. The molecule has 1 aliphatic rings. The van der Waals surface area contributed by atoms with Crippen molar-refractivity contribution in [2.24, 2.45) is 4.99 Å². The number of anilines is 1. The van der Waals surface area contributed by atoms with Crippen LogP contribution in [-0.2, 0) is 4.79 Å². The van der Waals surface area contributed by atoms with Crippen molar-refractivity contribution in [3.63, 3.8) is 0 Å². The van der Waals surface area contributed by atoms with Crippen LogP contribution in [-0.4, -0.2) is 32.0 Å². The van der Waals surface area contributed by atoms with E-state index in [1.165, 1.54) is 30.2 Å². The number of amidine groups is 1. The zero-order chi connectivity index (χ0) is 13.3. The number of aromatic nitrogens is 1. The molecule has 0 fully saturated rings. The third-order valence-electron chi connectivity index (χ3n) is 2.56. The highest BCUT2D eigenvalue weighted by atomic mass is 35.5. The molecule has 1 unspecified atom stereocenters. The van der Waals surface area contributed by atoms with Gasteiger partial charge in [-0.1, -0.05) is 11.8 Å². The second-order valence-corrected chi connectivity index (χ2v) is 6.07. The minimum absolute atomic E-state index is 0. The summed E-state index contributed by atoms with van der Waals surface area (Å²) in [4.78, 5) is 29.5. The van der Waals surface area contributed by atoms with Gasteiger partial charge >= 0.3 is 5.97 Å². The summed E-state index contributed by atoms with van der Waals surface area (Å²) in [5, 5.41) is 12.4. The van der Waals surface area contributed by atoms with Gasteiger partial charge in [-0.05, 0) is 13.8 Å². The van der Waals surface area contributed by atoms with Crippen molar-refractivity contribution in [2.75, 3.05) is 5.32 Å². The molecular formula is C11H14ClN3O3S. The van der Waals surface area contributed by atoms with Crippen LogP contribution in [0.15, 0.2) is 28.2 Å². The second kappa shape index (κ2) is 5.66. The molecule has 1 aromatic rings. The number of thioether (sulfide) groups is 1. The molecule has 0 amide bonds. The second-order valence-electron chi connectivity index (χ2n) is 4.43. The van der Waals surface area contributed by atoms with E-state index < -0.39 is 16.8 Å². The Hall–Kier alpha value is -1.47. The van der Waals surface area contributed by atoms with Gasteiger partial charge in [0.1, 0.15) is 5.69 Å². The molecule has 2 heterocycles. The van der Waals surface area contributed by atoms with Gasteiger partial charge in [0.25, 0.3) is 0 Å². The third kappa shape index (κ3) is 3.30. The Bertz CT molecular complexity index is 570. The van der Waals surface area contributed by atoms with E-state index in [1.807, 2.05) is 13.8 Å². The number of carbonyl (C=O) groups is 1. The van der Waals surface area contributed by atoms with Crippen LogP contribution in [0.4, 0.5) is 5.69 Å². The van der Waals surface area contributed by atoms with Crippen LogP contribution in [0.5, 0.6) is 0 Å². The third-order valence-corrected chi connectivity index (χ3v) is 3.71. The highest BCUT2D eigenvalue weighted by Gasteiger charge is 2.42. The maximum Gasteiger partial charge on any atom is 0.329 e. The zero-order valence-electron chi connectivity index (χ0n) is 10.3. The van der Waals surface area contributed by atoms with Crippen molar-refractivity contribution in [1.29, 1.82) is 0 Å². The van der Waals surface area contributed by atoms with Crippen LogP contribution >= 0.6 is 24.2 Å². The van der Waals surface area contributed by atoms with Crippen molar-refractivity contribution in [1.82, 2.24) is 4.98 Å². The fourth-order valence-electron chi connectivity index (χ4n) is 1.64. The van der Waals surface area contributed by atoms with Crippen LogP contribution in [0.1, 0.15) is 13.8 Å². The SMILES string of the molecule is CC1(C)SC(Nc2c[nH]ccc2=O)=NC1C(=O)O.Cl. The van der Waals surface area contributed by atoms with E-state index in [1.54, 1.807) is 0 Å². The number of aliphatic carboxylic acids is 1. The number of nitrogens with zero attached hydrogens (tertiary/aromatic N) is 1. The molecule has 0 saturated carbocycles. The molecule has 3 N–H and O–H groups in total. The molecule has 8 heteroatoms. The Morgan fingerprint density at radius 3 is 2.79 bits per heavy atom. The topological polar surface area (TPSA) is 94.5 Å². The van der Waals surface area contributed by atoms with E-state index in [0.29, 0.717) is 10.9 Å². The van der Waals surface area contributed by atoms with Crippen molar-refractivity contribution >= 4 is 41.0 Å². The maximum absolute atomic E-state index is 11.5. The number of H-pyrrole nitrogens is 1. The molecule has 0 radical (unpaired) electrons. The normalized spacial score (nSPS) is 20.3. The minimum atomic E-state index is -0.966. The molecule has 0 saturated heterocycles. The summed E-state index contributed by atoms with van der Waals surface area (Å²) in [5.74, 6) is -0.966. The van der Waals surface area contributed by atoms with Gasteiger partial charge in [-0.25, -0.2) is 9.79 Å². The number of pyridine rings is 1. The molecule has 1 aromatic heterocycles. The lowest BCUT2D eigenvalue weighted by molar-refractivity contribution is -0.138. The van der Waals surface area contributed by atoms with Crippen LogP contribution in [0.3, 0.4) is 0 Å². The van der Waals surface area contributed by atoms with Crippen molar-refractivity contribution in [3.8, 4) is 0 Å². The number of hydrogen-bond donors (Lipinski definition) is 3. The quantitative estimate of drug-likeness (QED) is 0.770. The largest absolute Gasteiger partial charge is 0.480 e. The zero-order valence-corrected chi connectivity index (χ0v) is 12.0. The Morgan fingerprint density at radius 2 is 2.26 bits per heavy atom. The summed E-state index contributed by atoms with van der Waals surface area (Å²) in [6.07, 6.45) is 3.05. The van der Waals surface area contributed by atoms with Crippen LogP contribution < -0.4 is 10.7 Å². The van der Waals surface area contributed by atoms with Gasteiger partial charge in [0.2, 0.25) is 5.43 Å². The standard InChI is InChI=1S/C11H13N3O3S.ClH/c1-11(2)8(9(16)17)14-10(18-11)13-6-5-12-4-3-7(6)15;/h3-5,8H,1-2H3,(H,12,15)(H,13,14)(H,16,17);1H. The van der Waals surface area contributed by atoms with Gasteiger partial charge in [0.05, 0.1) is 4.75 Å². The van der Waals surface area contributed by atoms with E-state index in [2.05, 4.69) is 15.3 Å². The summed E-state index contributed by atoms with van der Waals surface area (Å²) in [6, 6.07) is 0.579. The van der Waals surface area contributed by atoms with E-state index in [0.717, 1.165) is 0 Å². The molecule has 1 aliphatic heterocycles. The average molecular weight is 304 g/mol. The Balaban J connectivity index is 0.00000180. The van der Waals surface area contributed by atoms with Gasteiger partial charge < -0.3 is 15.4 Å². The molecule has 0 bridgehead atoms. The Labute approximate surface area is 120 Å². The Kier molecular flexibility index (Phi) is 4.65.